The number of fused-ring (bicyclic) bond motifs is 1. The predicted octanol–water partition coefficient (Wildman–Crippen LogP) is 2.80. The highest BCUT2D eigenvalue weighted by atomic mass is 35.5. The molecule has 1 aliphatic heterocycles. The van der Waals surface area contributed by atoms with Gasteiger partial charge >= 0.3 is 0 Å². The minimum absolute atomic E-state index is 0.159. The van der Waals surface area contributed by atoms with Gasteiger partial charge in [-0.3, -0.25) is 4.79 Å². The van der Waals surface area contributed by atoms with E-state index in [-0.39, 0.29) is 5.91 Å². The maximum atomic E-state index is 11.9. The lowest BCUT2D eigenvalue weighted by atomic mass is 10.2. The van der Waals surface area contributed by atoms with E-state index < -0.39 is 0 Å². The third kappa shape index (κ3) is 2.67. The summed E-state index contributed by atoms with van der Waals surface area (Å²) in [6.07, 6.45) is 2.23. The van der Waals surface area contributed by atoms with Gasteiger partial charge in [0.1, 0.15) is 5.58 Å². The van der Waals surface area contributed by atoms with Crippen LogP contribution in [0.25, 0.3) is 11.0 Å². The molecule has 2 aromatic rings. The van der Waals surface area contributed by atoms with E-state index in [0.717, 1.165) is 42.5 Å². The largest absolute Gasteiger partial charge is 0.444 e. The Morgan fingerprint density at radius 3 is 2.85 bits per heavy atom. The van der Waals surface area contributed by atoms with E-state index in [1.165, 1.54) is 0 Å². The minimum atomic E-state index is 0.159. The van der Waals surface area contributed by atoms with Crippen molar-refractivity contribution in [3.8, 4) is 0 Å². The van der Waals surface area contributed by atoms with Gasteiger partial charge < -0.3 is 14.6 Å². The number of likely N-dealkylation sites (tertiary alicyclic amines) is 1. The summed E-state index contributed by atoms with van der Waals surface area (Å²) in [5.74, 6) is 0.159. The van der Waals surface area contributed by atoms with Gasteiger partial charge in [-0.05, 0) is 30.5 Å². The van der Waals surface area contributed by atoms with Gasteiger partial charge in [-0.2, -0.15) is 0 Å². The van der Waals surface area contributed by atoms with Gasteiger partial charge in [0, 0.05) is 30.6 Å². The number of nitrogens with one attached hydrogen (secondary N) is 1. The quantitative estimate of drug-likeness (QED) is 0.942. The number of carbonyl (C=O) groups is 1. The molecule has 1 aromatic carbocycles. The molecule has 1 aliphatic rings. The Balaban J connectivity index is 1.62. The molecule has 1 N–H and O–H groups in total. The first-order chi connectivity index (χ1) is 9.75. The van der Waals surface area contributed by atoms with Crippen LogP contribution in [0.2, 0.25) is 5.22 Å². The molecule has 1 amide bonds. The maximum absolute atomic E-state index is 11.9. The fourth-order valence-corrected chi connectivity index (χ4v) is 2.86. The Morgan fingerprint density at radius 1 is 1.30 bits per heavy atom. The van der Waals surface area contributed by atoms with Crippen LogP contribution in [0.4, 0.5) is 0 Å². The molecular formula is C15H17ClN2O2. The molecule has 0 spiro atoms. The van der Waals surface area contributed by atoms with Gasteiger partial charge in [0.2, 0.25) is 5.91 Å². The molecule has 2 heterocycles. The van der Waals surface area contributed by atoms with Gasteiger partial charge in [-0.15, -0.1) is 0 Å². The smallest absolute Gasteiger partial charge is 0.236 e. The normalized spacial score (nSPS) is 15.2. The van der Waals surface area contributed by atoms with Crippen LogP contribution in [0.15, 0.2) is 28.7 Å². The third-order valence-electron chi connectivity index (χ3n) is 3.69. The van der Waals surface area contributed by atoms with Crippen molar-refractivity contribution in [1.82, 2.24) is 10.2 Å². The highest BCUT2D eigenvalue weighted by Gasteiger charge is 2.18. The summed E-state index contributed by atoms with van der Waals surface area (Å²) >= 11 is 6.11. The summed E-state index contributed by atoms with van der Waals surface area (Å²) in [7, 11) is 0. The topological polar surface area (TPSA) is 45.5 Å². The van der Waals surface area contributed by atoms with Crippen molar-refractivity contribution in [3.63, 3.8) is 0 Å². The van der Waals surface area contributed by atoms with Gasteiger partial charge in [-0.25, -0.2) is 0 Å². The Morgan fingerprint density at radius 2 is 2.05 bits per heavy atom. The molecule has 1 fully saturated rings. The van der Waals surface area contributed by atoms with E-state index in [1.807, 2.05) is 29.2 Å². The molecule has 0 bridgehead atoms. The molecule has 0 atom stereocenters. The third-order valence-corrected chi connectivity index (χ3v) is 3.99. The van der Waals surface area contributed by atoms with Crippen molar-refractivity contribution in [2.75, 3.05) is 19.6 Å². The average molecular weight is 293 g/mol. The number of hydrogen-bond donors (Lipinski definition) is 1. The first-order valence-corrected chi connectivity index (χ1v) is 7.28. The maximum Gasteiger partial charge on any atom is 0.236 e. The van der Waals surface area contributed by atoms with Gasteiger partial charge in [0.25, 0.3) is 0 Å². The van der Waals surface area contributed by atoms with E-state index in [0.29, 0.717) is 18.3 Å². The van der Waals surface area contributed by atoms with Crippen molar-refractivity contribution in [2.45, 2.75) is 19.4 Å². The second-order valence-corrected chi connectivity index (χ2v) is 5.39. The molecule has 5 heteroatoms. The lowest BCUT2D eigenvalue weighted by Gasteiger charge is -2.15. The molecule has 20 heavy (non-hydrogen) atoms. The van der Waals surface area contributed by atoms with E-state index in [4.69, 9.17) is 16.0 Å². The second-order valence-electron chi connectivity index (χ2n) is 5.04. The number of amides is 1. The number of para-hydroxylation sites is 1. The molecule has 4 nitrogen and oxygen atoms in total. The molecule has 1 aromatic heterocycles. The summed E-state index contributed by atoms with van der Waals surface area (Å²) in [5.41, 5.74) is 1.69. The summed E-state index contributed by atoms with van der Waals surface area (Å²) in [5, 5.41) is 4.56. The Hall–Kier alpha value is -1.52. The van der Waals surface area contributed by atoms with Crippen LogP contribution >= 0.6 is 11.6 Å². The highest BCUT2D eigenvalue weighted by molar-refractivity contribution is 6.30. The van der Waals surface area contributed by atoms with Crippen molar-refractivity contribution in [1.29, 1.82) is 0 Å². The number of nitrogens with zero attached hydrogens (tertiary/aromatic N) is 1. The summed E-state index contributed by atoms with van der Waals surface area (Å²) in [4.78, 5) is 13.8. The van der Waals surface area contributed by atoms with Crippen LogP contribution in [0.3, 0.4) is 0 Å². The van der Waals surface area contributed by atoms with Gasteiger partial charge in [-0.1, -0.05) is 18.2 Å². The van der Waals surface area contributed by atoms with Crippen LogP contribution in [-0.2, 0) is 11.3 Å². The lowest BCUT2D eigenvalue weighted by Crippen LogP contribution is -2.35. The van der Waals surface area contributed by atoms with E-state index in [2.05, 4.69) is 5.32 Å². The Kier molecular flexibility index (Phi) is 3.94. The first-order valence-electron chi connectivity index (χ1n) is 6.90. The van der Waals surface area contributed by atoms with E-state index in [1.54, 1.807) is 0 Å². The number of halogens is 1. The summed E-state index contributed by atoms with van der Waals surface area (Å²) in [6, 6.07) is 7.73. The first kappa shape index (κ1) is 13.5. The highest BCUT2D eigenvalue weighted by Crippen LogP contribution is 2.29. The predicted molar refractivity (Wildman–Crippen MR) is 78.7 cm³/mol. The van der Waals surface area contributed by atoms with Crippen LogP contribution in [0.1, 0.15) is 18.4 Å². The molecular weight excluding hydrogens is 276 g/mol. The zero-order chi connectivity index (χ0) is 13.9. The summed E-state index contributed by atoms with van der Waals surface area (Å²) < 4.78 is 5.49. The molecule has 0 radical (unpaired) electrons. The fourth-order valence-electron chi connectivity index (χ4n) is 2.61. The SMILES string of the molecule is O=C(CNCc1c(Cl)oc2ccccc12)N1CCCC1. The Labute approximate surface area is 122 Å². The van der Waals surface area contributed by atoms with Crippen molar-refractivity contribution in [2.24, 2.45) is 0 Å². The van der Waals surface area contributed by atoms with Crippen LogP contribution in [0, 0.1) is 0 Å². The van der Waals surface area contributed by atoms with Crippen LogP contribution in [0.5, 0.6) is 0 Å². The van der Waals surface area contributed by atoms with Crippen molar-refractivity contribution < 1.29 is 9.21 Å². The van der Waals surface area contributed by atoms with Crippen molar-refractivity contribution >= 4 is 28.5 Å². The van der Waals surface area contributed by atoms with E-state index in [9.17, 15) is 4.79 Å². The molecule has 0 aliphatic carbocycles. The number of furan rings is 1. The number of benzene rings is 1. The lowest BCUT2D eigenvalue weighted by molar-refractivity contribution is -0.129. The number of rotatable bonds is 4. The second kappa shape index (κ2) is 5.85. The molecule has 3 rings (SSSR count). The molecule has 0 unspecified atom stereocenters. The van der Waals surface area contributed by atoms with Crippen LogP contribution in [-0.4, -0.2) is 30.4 Å². The monoisotopic (exact) mass is 292 g/mol. The minimum Gasteiger partial charge on any atom is -0.444 e. The van der Waals surface area contributed by atoms with Gasteiger partial charge in [0.15, 0.2) is 5.22 Å². The zero-order valence-electron chi connectivity index (χ0n) is 11.2. The van der Waals surface area contributed by atoms with Crippen LogP contribution < -0.4 is 5.32 Å². The number of hydrogen-bond acceptors (Lipinski definition) is 3. The molecule has 1 saturated heterocycles. The average Bonchev–Trinajstić information content (AvgIpc) is 3.07. The standard InChI is InChI=1S/C15H17ClN2O2/c16-15-12(11-5-1-2-6-13(11)20-15)9-17-10-14(19)18-7-3-4-8-18/h1-2,5-6,17H,3-4,7-10H2. The summed E-state index contributed by atoms with van der Waals surface area (Å²) in [6.45, 7) is 2.65. The van der Waals surface area contributed by atoms with E-state index >= 15 is 0 Å². The number of carbonyl (C=O) groups excluding carboxylic acids is 1. The molecule has 106 valence electrons. The van der Waals surface area contributed by atoms with Crippen molar-refractivity contribution in [3.05, 3.63) is 35.0 Å². The zero-order valence-corrected chi connectivity index (χ0v) is 11.9. The van der Waals surface area contributed by atoms with Gasteiger partial charge in [0.05, 0.1) is 6.54 Å². The Bertz CT molecular complexity index is 617. The fraction of sp³-hybridized carbons (Fsp3) is 0.400. The molecule has 0 saturated carbocycles.